The second kappa shape index (κ2) is 4.30. The van der Waals surface area contributed by atoms with Crippen LogP contribution in [0, 0.1) is 11.3 Å². The van der Waals surface area contributed by atoms with Gasteiger partial charge in [-0.2, -0.15) is 0 Å². The van der Waals surface area contributed by atoms with Crippen LogP contribution in [0.5, 0.6) is 0 Å². The molecule has 1 aliphatic heterocycles. The first kappa shape index (κ1) is 11.6. The zero-order valence-corrected chi connectivity index (χ0v) is 10.9. The van der Waals surface area contributed by atoms with Crippen molar-refractivity contribution in [1.82, 2.24) is 10.2 Å². The van der Waals surface area contributed by atoms with Gasteiger partial charge in [0.05, 0.1) is 0 Å². The molecular formula is C15H20N2O. The van der Waals surface area contributed by atoms with E-state index in [2.05, 4.69) is 24.4 Å². The topological polar surface area (TPSA) is 32.3 Å². The minimum absolute atomic E-state index is 0.111. The van der Waals surface area contributed by atoms with Gasteiger partial charge in [0.25, 0.3) is 0 Å². The van der Waals surface area contributed by atoms with E-state index in [1.165, 1.54) is 12.0 Å². The van der Waals surface area contributed by atoms with E-state index >= 15 is 0 Å². The molecule has 2 atom stereocenters. The second-order valence-electron chi connectivity index (χ2n) is 5.90. The van der Waals surface area contributed by atoms with Crippen LogP contribution in [0.1, 0.15) is 18.9 Å². The Morgan fingerprint density at radius 3 is 2.89 bits per heavy atom. The Balaban J connectivity index is 1.43. The van der Waals surface area contributed by atoms with Gasteiger partial charge < -0.3 is 10.2 Å². The van der Waals surface area contributed by atoms with Gasteiger partial charge in [0.15, 0.2) is 0 Å². The molecular weight excluding hydrogens is 224 g/mol. The van der Waals surface area contributed by atoms with E-state index in [9.17, 15) is 4.79 Å². The van der Waals surface area contributed by atoms with E-state index in [0.717, 1.165) is 32.0 Å². The van der Waals surface area contributed by atoms with Crippen molar-refractivity contribution in [3.63, 3.8) is 0 Å². The summed E-state index contributed by atoms with van der Waals surface area (Å²) in [6, 6.07) is 10.4. The number of benzene rings is 1. The first-order valence-electron chi connectivity index (χ1n) is 6.74. The van der Waals surface area contributed by atoms with Crippen molar-refractivity contribution in [3.05, 3.63) is 35.9 Å². The molecule has 3 heteroatoms. The van der Waals surface area contributed by atoms with Gasteiger partial charge in [-0.25, -0.2) is 4.79 Å². The molecule has 1 aromatic rings. The minimum Gasteiger partial charge on any atom is -0.338 e. The standard InChI is InChI=1S/C15H20N2O/c1-15-9-13(15)10-17(11-15)14(18)16-8-7-12-5-3-2-4-6-12/h2-6,13H,7-11H2,1H3,(H,16,18). The lowest BCUT2D eigenvalue weighted by Gasteiger charge is -2.20. The number of piperidine rings is 1. The number of hydrogen-bond donors (Lipinski definition) is 1. The van der Waals surface area contributed by atoms with Crippen LogP contribution in [0.4, 0.5) is 4.79 Å². The third kappa shape index (κ3) is 2.22. The number of hydrogen-bond acceptors (Lipinski definition) is 1. The molecule has 2 aliphatic rings. The molecule has 2 unspecified atom stereocenters. The molecule has 0 bridgehead atoms. The van der Waals surface area contributed by atoms with Gasteiger partial charge in [0, 0.05) is 19.6 Å². The van der Waals surface area contributed by atoms with E-state index in [-0.39, 0.29) is 6.03 Å². The van der Waals surface area contributed by atoms with Gasteiger partial charge in [-0.15, -0.1) is 0 Å². The molecule has 0 spiro atoms. The Hall–Kier alpha value is -1.51. The maximum atomic E-state index is 12.0. The molecule has 2 fully saturated rings. The molecule has 0 aromatic heterocycles. The molecule has 18 heavy (non-hydrogen) atoms. The normalized spacial score (nSPS) is 28.9. The van der Waals surface area contributed by atoms with Crippen molar-refractivity contribution in [1.29, 1.82) is 0 Å². The predicted molar refractivity (Wildman–Crippen MR) is 71.3 cm³/mol. The van der Waals surface area contributed by atoms with Crippen molar-refractivity contribution in [3.8, 4) is 0 Å². The molecule has 2 amide bonds. The summed E-state index contributed by atoms with van der Waals surface area (Å²) >= 11 is 0. The summed E-state index contributed by atoms with van der Waals surface area (Å²) in [7, 11) is 0. The van der Waals surface area contributed by atoms with Crippen molar-refractivity contribution in [2.75, 3.05) is 19.6 Å². The van der Waals surface area contributed by atoms with Crippen molar-refractivity contribution in [2.24, 2.45) is 11.3 Å². The van der Waals surface area contributed by atoms with E-state index in [1.807, 2.05) is 23.1 Å². The molecule has 1 aliphatic carbocycles. The van der Waals surface area contributed by atoms with E-state index in [1.54, 1.807) is 0 Å². The van der Waals surface area contributed by atoms with Crippen LogP contribution in [0.2, 0.25) is 0 Å². The van der Waals surface area contributed by atoms with Gasteiger partial charge in [0.2, 0.25) is 0 Å². The zero-order valence-electron chi connectivity index (χ0n) is 10.9. The Morgan fingerprint density at radius 1 is 1.44 bits per heavy atom. The number of carbonyl (C=O) groups excluding carboxylic acids is 1. The fourth-order valence-corrected chi connectivity index (χ4v) is 2.97. The third-order valence-corrected chi connectivity index (χ3v) is 4.35. The van der Waals surface area contributed by atoms with Crippen molar-refractivity contribution < 1.29 is 4.79 Å². The number of nitrogens with one attached hydrogen (secondary N) is 1. The van der Waals surface area contributed by atoms with Gasteiger partial charge in [-0.3, -0.25) is 0 Å². The molecule has 3 rings (SSSR count). The average Bonchev–Trinajstić information content (AvgIpc) is 2.88. The summed E-state index contributed by atoms with van der Waals surface area (Å²) in [4.78, 5) is 13.9. The smallest absolute Gasteiger partial charge is 0.317 e. The SMILES string of the molecule is CC12CC1CN(C(=O)NCCc1ccccc1)C2. The number of carbonyl (C=O) groups is 1. The first-order valence-corrected chi connectivity index (χ1v) is 6.74. The summed E-state index contributed by atoms with van der Waals surface area (Å²) < 4.78 is 0. The lowest BCUT2D eigenvalue weighted by molar-refractivity contribution is 0.201. The number of urea groups is 1. The number of rotatable bonds is 3. The number of likely N-dealkylation sites (tertiary alicyclic amines) is 1. The zero-order chi connectivity index (χ0) is 12.6. The summed E-state index contributed by atoms with van der Waals surface area (Å²) in [6.07, 6.45) is 2.21. The molecule has 1 N–H and O–H groups in total. The van der Waals surface area contributed by atoms with Crippen molar-refractivity contribution in [2.45, 2.75) is 19.8 Å². The molecule has 1 saturated carbocycles. The second-order valence-corrected chi connectivity index (χ2v) is 5.90. The molecule has 96 valence electrons. The maximum Gasteiger partial charge on any atom is 0.317 e. The Kier molecular flexibility index (Phi) is 2.77. The van der Waals surface area contributed by atoms with Gasteiger partial charge >= 0.3 is 6.03 Å². The Bertz CT molecular complexity index is 445. The molecule has 1 heterocycles. The highest BCUT2D eigenvalue weighted by molar-refractivity contribution is 5.75. The average molecular weight is 244 g/mol. The van der Waals surface area contributed by atoms with E-state index in [0.29, 0.717) is 5.41 Å². The van der Waals surface area contributed by atoms with E-state index < -0.39 is 0 Å². The predicted octanol–water partition coefficient (Wildman–Crippen LogP) is 2.28. The van der Waals surface area contributed by atoms with Crippen LogP contribution in [0.15, 0.2) is 30.3 Å². The third-order valence-electron chi connectivity index (χ3n) is 4.35. The Labute approximate surface area is 108 Å². The minimum atomic E-state index is 0.111. The van der Waals surface area contributed by atoms with Crippen LogP contribution in [0.3, 0.4) is 0 Å². The van der Waals surface area contributed by atoms with Crippen LogP contribution in [-0.4, -0.2) is 30.6 Å². The summed E-state index contributed by atoms with van der Waals surface area (Å²) in [5.41, 5.74) is 1.71. The molecule has 1 saturated heterocycles. The molecule has 0 radical (unpaired) electrons. The number of fused-ring (bicyclic) bond motifs is 1. The molecule has 3 nitrogen and oxygen atoms in total. The highest BCUT2D eigenvalue weighted by atomic mass is 16.2. The van der Waals surface area contributed by atoms with Gasteiger partial charge in [-0.1, -0.05) is 37.3 Å². The summed E-state index contributed by atoms with van der Waals surface area (Å²) in [6.45, 7) is 4.90. The molecule has 1 aromatic carbocycles. The largest absolute Gasteiger partial charge is 0.338 e. The monoisotopic (exact) mass is 244 g/mol. The van der Waals surface area contributed by atoms with E-state index in [4.69, 9.17) is 0 Å². The van der Waals surface area contributed by atoms with Crippen molar-refractivity contribution >= 4 is 6.03 Å². The van der Waals surface area contributed by atoms with Crippen LogP contribution < -0.4 is 5.32 Å². The highest BCUT2D eigenvalue weighted by Crippen LogP contribution is 2.57. The quantitative estimate of drug-likeness (QED) is 0.869. The van der Waals surface area contributed by atoms with Crippen LogP contribution in [-0.2, 0) is 6.42 Å². The lowest BCUT2D eigenvalue weighted by atomic mass is 10.1. The summed E-state index contributed by atoms with van der Waals surface area (Å²) in [5.74, 6) is 0.761. The number of amides is 2. The van der Waals surface area contributed by atoms with Gasteiger partial charge in [-0.05, 0) is 29.7 Å². The van der Waals surface area contributed by atoms with Crippen LogP contribution >= 0.6 is 0 Å². The highest BCUT2D eigenvalue weighted by Gasteiger charge is 2.57. The van der Waals surface area contributed by atoms with Crippen LogP contribution in [0.25, 0.3) is 0 Å². The maximum absolute atomic E-state index is 12.0. The van der Waals surface area contributed by atoms with Gasteiger partial charge in [0.1, 0.15) is 0 Å². The fraction of sp³-hybridized carbons (Fsp3) is 0.533. The Morgan fingerprint density at radius 2 is 2.22 bits per heavy atom. The fourth-order valence-electron chi connectivity index (χ4n) is 2.97. The lowest BCUT2D eigenvalue weighted by Crippen LogP contribution is -2.40. The first-order chi connectivity index (χ1) is 8.67. The number of nitrogens with zero attached hydrogens (tertiary/aromatic N) is 1. The summed E-state index contributed by atoms with van der Waals surface area (Å²) in [5, 5.41) is 3.02.